The van der Waals surface area contributed by atoms with E-state index in [4.69, 9.17) is 0 Å². The highest BCUT2D eigenvalue weighted by Gasteiger charge is 2.35. The van der Waals surface area contributed by atoms with Gasteiger partial charge in [-0.1, -0.05) is 38.1 Å². The number of amides is 1. The summed E-state index contributed by atoms with van der Waals surface area (Å²) < 4.78 is 43.8. The Bertz CT molecular complexity index is 1290. The van der Waals surface area contributed by atoms with Crippen LogP contribution in [0.1, 0.15) is 54.1 Å². The lowest BCUT2D eigenvalue weighted by Gasteiger charge is -2.12. The minimum atomic E-state index is -4.68. The molecule has 0 radical (unpaired) electrons. The zero-order valence-corrected chi connectivity index (χ0v) is 18.4. The molecule has 0 fully saturated rings. The predicted molar refractivity (Wildman–Crippen MR) is 117 cm³/mol. The lowest BCUT2D eigenvalue weighted by molar-refractivity contribution is -0.142. The summed E-state index contributed by atoms with van der Waals surface area (Å²) >= 11 is 0. The summed E-state index contributed by atoms with van der Waals surface area (Å²) in [5, 5.41) is 10.7. The highest BCUT2D eigenvalue weighted by molar-refractivity contribution is 5.93. The Morgan fingerprint density at radius 3 is 2.48 bits per heavy atom. The molecule has 4 aromatic rings. The molecule has 0 spiro atoms. The van der Waals surface area contributed by atoms with Gasteiger partial charge in [-0.05, 0) is 30.5 Å². The molecule has 0 atom stereocenters. The fourth-order valence-corrected chi connectivity index (χ4v) is 3.53. The number of hydrogen-bond donors (Lipinski definition) is 1. The Labute approximate surface area is 188 Å². The van der Waals surface area contributed by atoms with E-state index in [0.717, 1.165) is 17.3 Å². The molecule has 0 unspecified atom stereocenters. The summed E-state index contributed by atoms with van der Waals surface area (Å²) in [4.78, 5) is 16.9. The van der Waals surface area contributed by atoms with Crippen LogP contribution < -0.4 is 5.32 Å². The molecule has 3 aromatic heterocycles. The number of hydrogen-bond acceptors (Lipinski definition) is 4. The van der Waals surface area contributed by atoms with Gasteiger partial charge < -0.3 is 5.32 Å². The Balaban J connectivity index is 1.68. The fourth-order valence-electron chi connectivity index (χ4n) is 3.53. The molecule has 0 aliphatic rings. The van der Waals surface area contributed by atoms with E-state index in [0.29, 0.717) is 22.5 Å². The minimum Gasteiger partial charge on any atom is -0.345 e. The van der Waals surface area contributed by atoms with Crippen LogP contribution in [-0.4, -0.2) is 30.3 Å². The van der Waals surface area contributed by atoms with Crippen LogP contribution in [0.15, 0.2) is 48.7 Å². The molecule has 0 saturated carbocycles. The summed E-state index contributed by atoms with van der Waals surface area (Å²) in [5.74, 6) is -0.299. The molecule has 1 N–H and O–H groups in total. The Morgan fingerprint density at radius 1 is 1.12 bits per heavy atom. The van der Waals surface area contributed by atoms with Gasteiger partial charge in [0.15, 0.2) is 17.0 Å². The second kappa shape index (κ2) is 8.68. The minimum absolute atomic E-state index is 0.0588. The molecular weight excluding hydrogens is 433 g/mol. The molecule has 10 heteroatoms. The SMILES string of the molecule is CCn1nccc1CNC(=O)c1cc2nc(-c3ccc(C(C)C)cc3)cc(C(F)(F)F)n2n1. The number of nitrogens with zero attached hydrogens (tertiary/aromatic N) is 5. The standard InChI is InChI=1S/C23H23F3N6O/c1-4-31-17(9-10-28-31)13-27-22(33)19-12-21-29-18(11-20(23(24,25)26)32(21)30-19)16-7-5-15(6-8-16)14(2)3/h5-12,14H,4,13H2,1-3H3,(H,27,33). The largest absolute Gasteiger partial charge is 0.433 e. The Morgan fingerprint density at radius 2 is 1.85 bits per heavy atom. The molecule has 0 aliphatic carbocycles. The van der Waals surface area contributed by atoms with Crippen molar-refractivity contribution < 1.29 is 18.0 Å². The Hall–Kier alpha value is -3.69. The average molecular weight is 456 g/mol. The van der Waals surface area contributed by atoms with Crippen molar-refractivity contribution in [1.29, 1.82) is 0 Å². The van der Waals surface area contributed by atoms with E-state index >= 15 is 0 Å². The van der Waals surface area contributed by atoms with E-state index in [-0.39, 0.29) is 23.6 Å². The van der Waals surface area contributed by atoms with Crippen LogP contribution in [0.2, 0.25) is 0 Å². The smallest absolute Gasteiger partial charge is 0.345 e. The lowest BCUT2D eigenvalue weighted by Crippen LogP contribution is -2.25. The van der Waals surface area contributed by atoms with E-state index in [2.05, 4.69) is 20.5 Å². The van der Waals surface area contributed by atoms with Gasteiger partial charge in [-0.2, -0.15) is 23.4 Å². The summed E-state index contributed by atoms with van der Waals surface area (Å²) in [6.07, 6.45) is -3.06. The van der Waals surface area contributed by atoms with E-state index in [1.54, 1.807) is 29.1 Å². The highest BCUT2D eigenvalue weighted by atomic mass is 19.4. The molecule has 1 aromatic carbocycles. The van der Waals surface area contributed by atoms with Crippen molar-refractivity contribution in [2.45, 2.75) is 46.0 Å². The van der Waals surface area contributed by atoms with Gasteiger partial charge in [-0.15, -0.1) is 0 Å². The average Bonchev–Trinajstić information content (AvgIpc) is 3.42. The van der Waals surface area contributed by atoms with Crippen LogP contribution in [0.25, 0.3) is 16.9 Å². The topological polar surface area (TPSA) is 77.1 Å². The first-order valence-electron chi connectivity index (χ1n) is 10.5. The van der Waals surface area contributed by atoms with E-state index in [1.165, 1.54) is 6.07 Å². The third kappa shape index (κ3) is 4.59. The molecular formula is C23H23F3N6O. The van der Waals surface area contributed by atoms with Crippen molar-refractivity contribution in [2.24, 2.45) is 0 Å². The van der Waals surface area contributed by atoms with Crippen LogP contribution >= 0.6 is 0 Å². The van der Waals surface area contributed by atoms with Crippen molar-refractivity contribution in [2.75, 3.05) is 0 Å². The molecule has 172 valence electrons. The molecule has 0 bridgehead atoms. The second-order valence-electron chi connectivity index (χ2n) is 7.92. The van der Waals surface area contributed by atoms with Gasteiger partial charge in [-0.25, -0.2) is 9.50 Å². The van der Waals surface area contributed by atoms with Gasteiger partial charge in [0.25, 0.3) is 5.91 Å². The van der Waals surface area contributed by atoms with Crippen molar-refractivity contribution in [3.63, 3.8) is 0 Å². The maximum Gasteiger partial charge on any atom is 0.433 e. The number of carbonyl (C=O) groups is 1. The number of alkyl halides is 3. The molecule has 33 heavy (non-hydrogen) atoms. The Kier molecular flexibility index (Phi) is 5.92. The quantitative estimate of drug-likeness (QED) is 0.457. The number of fused-ring (bicyclic) bond motifs is 1. The number of halogens is 3. The van der Waals surface area contributed by atoms with Crippen LogP contribution in [0, 0.1) is 0 Å². The van der Waals surface area contributed by atoms with Crippen LogP contribution in [0.5, 0.6) is 0 Å². The van der Waals surface area contributed by atoms with Crippen LogP contribution in [0.3, 0.4) is 0 Å². The molecule has 3 heterocycles. The molecule has 4 rings (SSSR count). The number of aromatic nitrogens is 5. The van der Waals surface area contributed by atoms with Gasteiger partial charge in [-0.3, -0.25) is 9.48 Å². The number of carbonyl (C=O) groups excluding carboxylic acids is 1. The zero-order valence-electron chi connectivity index (χ0n) is 18.4. The number of nitrogens with one attached hydrogen (secondary N) is 1. The molecule has 7 nitrogen and oxygen atoms in total. The third-order valence-corrected chi connectivity index (χ3v) is 5.36. The third-order valence-electron chi connectivity index (χ3n) is 5.36. The number of benzene rings is 1. The van der Waals surface area contributed by atoms with Crippen molar-refractivity contribution in [3.05, 3.63) is 71.3 Å². The maximum atomic E-state index is 13.8. The first kappa shape index (κ1) is 22.5. The van der Waals surface area contributed by atoms with Crippen molar-refractivity contribution >= 4 is 11.6 Å². The summed E-state index contributed by atoms with van der Waals surface area (Å²) in [5.41, 5.74) is 1.34. The van der Waals surface area contributed by atoms with Gasteiger partial charge in [0.05, 0.1) is 17.9 Å². The number of aryl methyl sites for hydroxylation is 1. The van der Waals surface area contributed by atoms with Crippen LogP contribution in [0.4, 0.5) is 13.2 Å². The lowest BCUT2D eigenvalue weighted by atomic mass is 10.0. The summed E-state index contributed by atoms with van der Waals surface area (Å²) in [6, 6.07) is 11.2. The molecule has 1 amide bonds. The van der Waals surface area contributed by atoms with Crippen molar-refractivity contribution in [3.8, 4) is 11.3 Å². The zero-order chi connectivity index (χ0) is 23.8. The van der Waals surface area contributed by atoms with E-state index < -0.39 is 17.8 Å². The van der Waals surface area contributed by atoms with Gasteiger partial charge in [0, 0.05) is 24.4 Å². The summed E-state index contributed by atoms with van der Waals surface area (Å²) in [7, 11) is 0. The first-order chi connectivity index (χ1) is 15.7. The fraction of sp³-hybridized carbons (Fsp3) is 0.304. The predicted octanol–water partition coefficient (Wildman–Crippen LogP) is 4.68. The summed E-state index contributed by atoms with van der Waals surface area (Å²) in [6.45, 7) is 6.80. The first-order valence-corrected chi connectivity index (χ1v) is 10.5. The van der Waals surface area contributed by atoms with Crippen LogP contribution in [-0.2, 0) is 19.3 Å². The van der Waals surface area contributed by atoms with Crippen molar-refractivity contribution in [1.82, 2.24) is 29.7 Å². The van der Waals surface area contributed by atoms with E-state index in [9.17, 15) is 18.0 Å². The normalized spacial score (nSPS) is 12.0. The maximum absolute atomic E-state index is 13.8. The molecule has 0 saturated heterocycles. The van der Waals surface area contributed by atoms with Gasteiger partial charge in [0.2, 0.25) is 0 Å². The number of rotatable bonds is 6. The van der Waals surface area contributed by atoms with Gasteiger partial charge in [0.1, 0.15) is 0 Å². The molecule has 0 aliphatic heterocycles. The second-order valence-corrected chi connectivity index (χ2v) is 7.92. The van der Waals surface area contributed by atoms with E-state index in [1.807, 2.05) is 32.9 Å². The monoisotopic (exact) mass is 456 g/mol. The van der Waals surface area contributed by atoms with Gasteiger partial charge >= 0.3 is 6.18 Å². The highest BCUT2D eigenvalue weighted by Crippen LogP contribution is 2.32.